The molecule has 0 radical (unpaired) electrons. The van der Waals surface area contributed by atoms with Crippen LogP contribution in [0.5, 0.6) is 0 Å². The van der Waals surface area contributed by atoms with Gasteiger partial charge in [0.1, 0.15) is 6.33 Å². The third-order valence-corrected chi connectivity index (χ3v) is 4.88. The zero-order valence-electron chi connectivity index (χ0n) is 14.1. The lowest BCUT2D eigenvalue weighted by atomic mass is 9.85. The van der Waals surface area contributed by atoms with Crippen LogP contribution in [0, 0.1) is 5.92 Å². The molecule has 7 heteroatoms. The second-order valence-corrected chi connectivity index (χ2v) is 6.78. The molecular weight excluding hydrogens is 350 g/mol. The van der Waals surface area contributed by atoms with Crippen molar-refractivity contribution in [3.63, 3.8) is 0 Å². The van der Waals surface area contributed by atoms with Crippen molar-refractivity contribution >= 4 is 29.1 Å². The fourth-order valence-electron chi connectivity index (χ4n) is 3.40. The summed E-state index contributed by atoms with van der Waals surface area (Å²) in [4.78, 5) is 17.4. The van der Waals surface area contributed by atoms with Crippen molar-refractivity contribution in [3.05, 3.63) is 71.5 Å². The number of aromatic nitrogens is 3. The van der Waals surface area contributed by atoms with Crippen molar-refractivity contribution in [3.8, 4) is 0 Å². The minimum absolute atomic E-state index is 0.0812. The molecule has 6 nitrogen and oxygen atoms in total. The van der Waals surface area contributed by atoms with Crippen LogP contribution in [0.25, 0.3) is 0 Å². The van der Waals surface area contributed by atoms with E-state index in [1.54, 1.807) is 28.9 Å². The summed E-state index contributed by atoms with van der Waals surface area (Å²) in [6.07, 6.45) is 1.50. The summed E-state index contributed by atoms with van der Waals surface area (Å²) in [5.41, 5.74) is 1.73. The molecule has 4 rings (SSSR count). The van der Waals surface area contributed by atoms with Crippen LogP contribution in [-0.2, 0) is 4.79 Å². The summed E-state index contributed by atoms with van der Waals surface area (Å²) in [6, 6.07) is 16.7. The molecule has 2 aromatic carbocycles. The number of rotatable bonds is 3. The Bertz CT molecular complexity index is 909. The number of carbonyl (C=O) groups excluding carboxylic acids is 1. The molecule has 3 atom stereocenters. The molecule has 0 fully saturated rings. The smallest absolute Gasteiger partial charge is 0.232 e. The lowest BCUT2D eigenvalue weighted by molar-refractivity contribution is -0.121. The number of nitrogens with one attached hydrogen (secondary N) is 2. The maximum absolute atomic E-state index is 13.1. The number of anilines is 2. The molecule has 0 saturated heterocycles. The van der Waals surface area contributed by atoms with E-state index in [2.05, 4.69) is 20.7 Å². The first-order chi connectivity index (χ1) is 12.6. The highest BCUT2D eigenvalue weighted by molar-refractivity contribution is 6.30. The van der Waals surface area contributed by atoms with Crippen molar-refractivity contribution in [2.24, 2.45) is 5.92 Å². The van der Waals surface area contributed by atoms with Gasteiger partial charge in [0, 0.05) is 16.8 Å². The lowest BCUT2D eigenvalue weighted by Crippen LogP contribution is -2.46. The number of amides is 1. The number of halogens is 1. The van der Waals surface area contributed by atoms with E-state index in [4.69, 9.17) is 11.6 Å². The molecule has 2 N–H and O–H groups in total. The van der Waals surface area contributed by atoms with Gasteiger partial charge >= 0.3 is 0 Å². The van der Waals surface area contributed by atoms with Crippen LogP contribution < -0.4 is 10.6 Å². The molecule has 0 spiro atoms. The van der Waals surface area contributed by atoms with Gasteiger partial charge < -0.3 is 10.6 Å². The Morgan fingerprint density at radius 2 is 1.88 bits per heavy atom. The van der Waals surface area contributed by atoms with Gasteiger partial charge in [0.25, 0.3) is 0 Å². The van der Waals surface area contributed by atoms with Crippen LogP contribution in [0.15, 0.2) is 60.9 Å². The standard InChI is InChI=1S/C19H18ClN5O/c1-12-16(18(26)24-15-9-7-14(20)8-10-15)17(13-5-3-2-4-6-13)25-19(23-12)21-11-22-25/h2-12,16-17H,1H3,(H,24,26)(H,21,22,23)/t12-,16+,17-/m0/s1. The van der Waals surface area contributed by atoms with Crippen molar-refractivity contribution in [1.29, 1.82) is 0 Å². The summed E-state index contributed by atoms with van der Waals surface area (Å²) in [5, 5.41) is 11.2. The van der Waals surface area contributed by atoms with Crippen molar-refractivity contribution in [2.45, 2.75) is 19.0 Å². The molecule has 1 aromatic heterocycles. The molecule has 1 aliphatic rings. The predicted octanol–water partition coefficient (Wildman–Crippen LogP) is 3.59. The molecule has 1 amide bonds. The molecule has 132 valence electrons. The number of hydrogen-bond donors (Lipinski definition) is 2. The summed E-state index contributed by atoms with van der Waals surface area (Å²) < 4.78 is 1.78. The Morgan fingerprint density at radius 1 is 1.15 bits per heavy atom. The van der Waals surface area contributed by atoms with E-state index >= 15 is 0 Å². The lowest BCUT2D eigenvalue weighted by Gasteiger charge is -2.36. The molecular formula is C19H18ClN5O. The topological polar surface area (TPSA) is 71.8 Å². The zero-order valence-corrected chi connectivity index (χ0v) is 14.9. The normalized spacial score (nSPS) is 21.5. The summed E-state index contributed by atoms with van der Waals surface area (Å²) in [7, 11) is 0. The van der Waals surface area contributed by atoms with Gasteiger partial charge in [-0.2, -0.15) is 10.1 Å². The molecule has 0 saturated carbocycles. The van der Waals surface area contributed by atoms with E-state index in [9.17, 15) is 4.79 Å². The van der Waals surface area contributed by atoms with Crippen LogP contribution >= 0.6 is 11.6 Å². The zero-order chi connectivity index (χ0) is 18.1. The van der Waals surface area contributed by atoms with Crippen molar-refractivity contribution in [2.75, 3.05) is 10.6 Å². The Balaban J connectivity index is 1.70. The van der Waals surface area contributed by atoms with Gasteiger partial charge in [0.15, 0.2) is 0 Å². The molecule has 1 aliphatic heterocycles. The van der Waals surface area contributed by atoms with E-state index in [-0.39, 0.29) is 23.9 Å². The average Bonchev–Trinajstić information content (AvgIpc) is 3.11. The van der Waals surface area contributed by atoms with E-state index < -0.39 is 0 Å². The number of nitrogens with zero attached hydrogens (tertiary/aromatic N) is 3. The number of hydrogen-bond acceptors (Lipinski definition) is 4. The van der Waals surface area contributed by atoms with E-state index in [0.29, 0.717) is 16.7 Å². The Labute approximate surface area is 156 Å². The number of fused-ring (bicyclic) bond motifs is 1. The van der Waals surface area contributed by atoms with Gasteiger partial charge in [0.2, 0.25) is 11.9 Å². The van der Waals surface area contributed by atoms with Crippen molar-refractivity contribution < 1.29 is 4.79 Å². The van der Waals surface area contributed by atoms with Gasteiger partial charge in [-0.25, -0.2) is 4.68 Å². The second-order valence-electron chi connectivity index (χ2n) is 6.34. The van der Waals surface area contributed by atoms with Gasteiger partial charge in [-0.1, -0.05) is 41.9 Å². The Hall–Kier alpha value is -2.86. The first-order valence-electron chi connectivity index (χ1n) is 8.41. The summed E-state index contributed by atoms with van der Waals surface area (Å²) in [5.74, 6) is 0.228. The highest BCUT2D eigenvalue weighted by Crippen LogP contribution is 2.36. The van der Waals surface area contributed by atoms with Gasteiger partial charge in [-0.05, 0) is 36.8 Å². The van der Waals surface area contributed by atoms with Crippen LogP contribution in [0.2, 0.25) is 5.02 Å². The van der Waals surface area contributed by atoms with Crippen LogP contribution in [0.1, 0.15) is 18.5 Å². The molecule has 0 unspecified atom stereocenters. The van der Waals surface area contributed by atoms with Gasteiger partial charge in [0.05, 0.1) is 12.0 Å². The number of carbonyl (C=O) groups is 1. The van der Waals surface area contributed by atoms with Gasteiger partial charge in [-0.15, -0.1) is 0 Å². The maximum Gasteiger partial charge on any atom is 0.232 e. The molecule has 2 heterocycles. The van der Waals surface area contributed by atoms with Crippen LogP contribution in [-0.4, -0.2) is 26.7 Å². The fourth-order valence-corrected chi connectivity index (χ4v) is 3.53. The molecule has 26 heavy (non-hydrogen) atoms. The average molecular weight is 368 g/mol. The molecule has 3 aromatic rings. The first kappa shape index (κ1) is 16.6. The number of benzene rings is 2. The largest absolute Gasteiger partial charge is 0.351 e. The summed E-state index contributed by atoms with van der Waals surface area (Å²) >= 11 is 5.93. The van der Waals surface area contributed by atoms with E-state index in [0.717, 1.165) is 5.56 Å². The van der Waals surface area contributed by atoms with Gasteiger partial charge in [-0.3, -0.25) is 4.79 Å². The predicted molar refractivity (Wildman–Crippen MR) is 101 cm³/mol. The van der Waals surface area contributed by atoms with E-state index in [1.807, 2.05) is 37.3 Å². The Kier molecular flexibility index (Phi) is 4.34. The fraction of sp³-hybridized carbons (Fsp3) is 0.211. The third-order valence-electron chi connectivity index (χ3n) is 4.63. The highest BCUT2D eigenvalue weighted by atomic mass is 35.5. The SMILES string of the molecule is C[C@@H]1Nc2ncnn2[C@@H](c2ccccc2)[C@@H]1C(=O)Nc1ccc(Cl)cc1. The first-order valence-corrected chi connectivity index (χ1v) is 8.78. The van der Waals surface area contributed by atoms with E-state index in [1.165, 1.54) is 6.33 Å². The second kappa shape index (κ2) is 6.80. The molecule has 0 bridgehead atoms. The minimum atomic E-state index is -0.359. The quantitative estimate of drug-likeness (QED) is 0.742. The van der Waals surface area contributed by atoms with Crippen LogP contribution in [0.4, 0.5) is 11.6 Å². The minimum Gasteiger partial charge on any atom is -0.351 e. The third kappa shape index (κ3) is 3.04. The van der Waals surface area contributed by atoms with Crippen molar-refractivity contribution in [1.82, 2.24) is 14.8 Å². The molecule has 0 aliphatic carbocycles. The highest BCUT2D eigenvalue weighted by Gasteiger charge is 2.41. The van der Waals surface area contributed by atoms with Crippen LogP contribution in [0.3, 0.4) is 0 Å². The monoisotopic (exact) mass is 367 g/mol. The summed E-state index contributed by atoms with van der Waals surface area (Å²) in [6.45, 7) is 1.99. The Morgan fingerprint density at radius 3 is 2.62 bits per heavy atom. The maximum atomic E-state index is 13.1.